The molecule has 4 saturated heterocycles. The van der Waals surface area contributed by atoms with E-state index in [-0.39, 0.29) is 30.2 Å². The summed E-state index contributed by atoms with van der Waals surface area (Å²) >= 11 is 0. The first kappa shape index (κ1) is 36.0. The molecule has 2 bridgehead atoms. The van der Waals surface area contributed by atoms with Gasteiger partial charge in [-0.2, -0.15) is 0 Å². The van der Waals surface area contributed by atoms with E-state index >= 15 is 9.59 Å². The van der Waals surface area contributed by atoms with Crippen LogP contribution in [0, 0.1) is 17.8 Å². The number of rotatable bonds is 15. The molecule has 0 saturated carbocycles. The summed E-state index contributed by atoms with van der Waals surface area (Å²) in [5.74, 6) is -2.55. The second-order valence-electron chi connectivity index (χ2n) is 14.5. The molecule has 7 atom stereocenters. The van der Waals surface area contributed by atoms with E-state index in [4.69, 9.17) is 9.47 Å². The molecule has 1 N–H and O–H groups in total. The third-order valence-electron chi connectivity index (χ3n) is 11.5. The monoisotopic (exact) mass is 684 g/mol. The highest BCUT2D eigenvalue weighted by atomic mass is 16.5. The highest BCUT2D eigenvalue weighted by Gasteiger charge is 2.80. The molecule has 1 spiro atoms. The summed E-state index contributed by atoms with van der Waals surface area (Å²) in [4.78, 5) is 52.4. The SMILES string of the molecule is C=CCN(CCN1CCOCC1)C(=O)C1N([C@@H](CO)Cc2ccccc2)C(=O)[C@@H]2[C@H](C(=O)N(CC=C)Cc3ccccc3)[C@@]3(C)OC12CC3C. The first-order valence-corrected chi connectivity index (χ1v) is 18.0. The molecule has 3 unspecified atom stereocenters. The van der Waals surface area contributed by atoms with Gasteiger partial charge in [0.1, 0.15) is 11.6 Å². The maximum atomic E-state index is 15.1. The van der Waals surface area contributed by atoms with Crippen LogP contribution >= 0.6 is 0 Å². The van der Waals surface area contributed by atoms with Crippen LogP contribution in [0.15, 0.2) is 86.0 Å². The maximum absolute atomic E-state index is 15.1. The number of carbonyl (C=O) groups is 3. The van der Waals surface area contributed by atoms with Crippen molar-refractivity contribution in [3.8, 4) is 0 Å². The molecular weight excluding hydrogens is 632 g/mol. The van der Waals surface area contributed by atoms with Gasteiger partial charge >= 0.3 is 0 Å². The first-order valence-electron chi connectivity index (χ1n) is 18.0. The van der Waals surface area contributed by atoms with E-state index in [1.54, 1.807) is 26.9 Å². The zero-order chi connectivity index (χ0) is 35.5. The third kappa shape index (κ3) is 6.54. The van der Waals surface area contributed by atoms with Crippen molar-refractivity contribution in [2.75, 3.05) is 59.1 Å². The Kier molecular flexibility index (Phi) is 10.9. The van der Waals surface area contributed by atoms with Crippen molar-refractivity contribution in [1.29, 1.82) is 0 Å². The van der Waals surface area contributed by atoms with E-state index in [1.807, 2.05) is 67.6 Å². The largest absolute Gasteiger partial charge is 0.394 e. The molecule has 2 aromatic carbocycles. The van der Waals surface area contributed by atoms with E-state index in [9.17, 15) is 9.90 Å². The molecule has 50 heavy (non-hydrogen) atoms. The number of fused-ring (bicyclic) bond motifs is 1. The molecule has 4 fully saturated rings. The normalized spacial score (nSPS) is 29.4. The number of carbonyl (C=O) groups excluding carboxylic acids is 3. The molecule has 0 aromatic heterocycles. The smallest absolute Gasteiger partial charge is 0.248 e. The molecule has 4 aliphatic rings. The standard InChI is InChI=1S/C40H52N4O6/c1-5-17-42(20-19-41-21-23-49-24-22-41)38(48)35-40-26-29(3)39(4,50-40)33(36(46)43(18-6-2)27-31-15-11-8-12-16-31)34(40)37(47)44(35)32(28-45)25-30-13-9-7-10-14-30/h5-16,29,32-35,45H,1-2,17-28H2,3-4H3/t29?,32-,33-,34+,35?,39+,40?/m1/s1. The van der Waals surface area contributed by atoms with Crippen LogP contribution < -0.4 is 0 Å². The Labute approximate surface area is 296 Å². The number of morpholine rings is 1. The summed E-state index contributed by atoms with van der Waals surface area (Å²) in [6.07, 6.45) is 4.22. The van der Waals surface area contributed by atoms with Crippen molar-refractivity contribution in [3.05, 3.63) is 97.1 Å². The summed E-state index contributed by atoms with van der Waals surface area (Å²) in [6, 6.07) is 17.7. The van der Waals surface area contributed by atoms with Gasteiger partial charge in [0.15, 0.2) is 0 Å². The Hall–Kier alpha value is -3.83. The number of likely N-dealkylation sites (tertiary alicyclic amines) is 1. The van der Waals surface area contributed by atoms with Crippen LogP contribution in [-0.2, 0) is 36.8 Å². The van der Waals surface area contributed by atoms with Gasteiger partial charge in [-0.1, -0.05) is 79.7 Å². The lowest BCUT2D eigenvalue weighted by atomic mass is 9.62. The highest BCUT2D eigenvalue weighted by molar-refractivity contribution is 5.99. The van der Waals surface area contributed by atoms with Gasteiger partial charge in [0.2, 0.25) is 17.7 Å². The number of benzene rings is 2. The lowest BCUT2D eigenvalue weighted by Gasteiger charge is -2.40. The number of amides is 3. The van der Waals surface area contributed by atoms with Gasteiger partial charge in [-0.15, -0.1) is 13.2 Å². The van der Waals surface area contributed by atoms with Gasteiger partial charge in [0, 0.05) is 45.8 Å². The van der Waals surface area contributed by atoms with E-state index in [2.05, 4.69) is 25.0 Å². The van der Waals surface area contributed by atoms with Crippen molar-refractivity contribution in [2.45, 2.75) is 56.5 Å². The van der Waals surface area contributed by atoms with Gasteiger partial charge in [-0.3, -0.25) is 19.3 Å². The second-order valence-corrected chi connectivity index (χ2v) is 14.5. The molecule has 10 heteroatoms. The summed E-state index contributed by atoms with van der Waals surface area (Å²) < 4.78 is 12.6. The minimum Gasteiger partial charge on any atom is -0.394 e. The third-order valence-corrected chi connectivity index (χ3v) is 11.5. The minimum atomic E-state index is -1.24. The van der Waals surface area contributed by atoms with Crippen LogP contribution in [-0.4, -0.2) is 125 Å². The molecule has 2 aromatic rings. The molecule has 0 aliphatic carbocycles. The molecule has 0 radical (unpaired) electrons. The number of hydrogen-bond donors (Lipinski definition) is 1. The van der Waals surface area contributed by atoms with Crippen molar-refractivity contribution in [1.82, 2.24) is 19.6 Å². The molecule has 6 rings (SSSR count). The zero-order valence-corrected chi connectivity index (χ0v) is 29.5. The average Bonchev–Trinajstić information content (AvgIpc) is 3.65. The summed E-state index contributed by atoms with van der Waals surface area (Å²) in [5.41, 5.74) is -0.301. The van der Waals surface area contributed by atoms with E-state index in [0.717, 1.165) is 24.2 Å². The number of ether oxygens (including phenoxy) is 2. The van der Waals surface area contributed by atoms with Gasteiger partial charge in [0.25, 0.3) is 0 Å². The Balaban J connectivity index is 1.40. The van der Waals surface area contributed by atoms with Crippen molar-refractivity contribution in [2.24, 2.45) is 17.8 Å². The molecule has 10 nitrogen and oxygen atoms in total. The Morgan fingerprint density at radius 2 is 1.60 bits per heavy atom. The minimum absolute atomic E-state index is 0.110. The van der Waals surface area contributed by atoms with Gasteiger partial charge in [-0.05, 0) is 36.8 Å². The predicted octanol–water partition coefficient (Wildman–Crippen LogP) is 3.16. The van der Waals surface area contributed by atoms with Gasteiger partial charge in [0.05, 0.1) is 43.3 Å². The molecule has 268 valence electrons. The highest BCUT2D eigenvalue weighted by Crippen LogP contribution is 2.66. The van der Waals surface area contributed by atoms with E-state index < -0.39 is 35.1 Å². The lowest BCUT2D eigenvalue weighted by Crippen LogP contribution is -2.60. The number of hydrogen-bond acceptors (Lipinski definition) is 7. The van der Waals surface area contributed by atoms with Crippen molar-refractivity contribution >= 4 is 17.7 Å². The fraction of sp³-hybridized carbons (Fsp3) is 0.525. The predicted molar refractivity (Wildman–Crippen MR) is 191 cm³/mol. The number of nitrogens with zero attached hydrogens (tertiary/aromatic N) is 4. The van der Waals surface area contributed by atoms with Gasteiger partial charge < -0.3 is 29.3 Å². The first-order chi connectivity index (χ1) is 24.2. The van der Waals surface area contributed by atoms with Gasteiger partial charge in [-0.25, -0.2) is 0 Å². The molecule has 3 amide bonds. The van der Waals surface area contributed by atoms with Crippen molar-refractivity contribution in [3.63, 3.8) is 0 Å². The average molecular weight is 685 g/mol. The summed E-state index contributed by atoms with van der Waals surface area (Å²) in [5, 5.41) is 10.9. The van der Waals surface area contributed by atoms with Crippen LogP contribution in [0.1, 0.15) is 31.4 Å². The number of aliphatic hydroxyl groups excluding tert-OH is 1. The molecule has 4 heterocycles. The second kappa shape index (κ2) is 15.2. The van der Waals surface area contributed by atoms with Crippen LogP contribution in [0.25, 0.3) is 0 Å². The van der Waals surface area contributed by atoms with Crippen molar-refractivity contribution < 1.29 is 29.0 Å². The number of aliphatic hydroxyl groups is 1. The fourth-order valence-corrected chi connectivity index (χ4v) is 8.96. The Bertz CT molecular complexity index is 1530. The van der Waals surface area contributed by atoms with E-state index in [1.165, 1.54) is 0 Å². The maximum Gasteiger partial charge on any atom is 0.248 e. The Morgan fingerprint density at radius 3 is 2.22 bits per heavy atom. The van der Waals surface area contributed by atoms with E-state index in [0.29, 0.717) is 58.8 Å². The lowest BCUT2D eigenvalue weighted by molar-refractivity contribution is -0.157. The Morgan fingerprint density at radius 1 is 0.980 bits per heavy atom. The van der Waals surface area contributed by atoms with Crippen LogP contribution in [0.5, 0.6) is 0 Å². The molecular formula is C40H52N4O6. The van der Waals surface area contributed by atoms with Crippen LogP contribution in [0.4, 0.5) is 0 Å². The zero-order valence-electron chi connectivity index (χ0n) is 29.5. The van der Waals surface area contributed by atoms with Crippen LogP contribution in [0.3, 0.4) is 0 Å². The molecule has 4 aliphatic heterocycles. The summed E-state index contributed by atoms with van der Waals surface area (Å²) in [7, 11) is 0. The summed E-state index contributed by atoms with van der Waals surface area (Å²) in [6.45, 7) is 16.4. The topological polar surface area (TPSA) is 103 Å². The quantitative estimate of drug-likeness (QED) is 0.288. The van der Waals surface area contributed by atoms with Crippen LogP contribution in [0.2, 0.25) is 0 Å². The fourth-order valence-electron chi connectivity index (χ4n) is 8.96.